The molecule has 3 rings (SSSR count). The average molecular weight is 338 g/mol. The summed E-state index contributed by atoms with van der Waals surface area (Å²) >= 11 is 1.27. The first-order chi connectivity index (χ1) is 11.7. The Labute approximate surface area is 145 Å². The Kier molecular flexibility index (Phi) is 5.17. The summed E-state index contributed by atoms with van der Waals surface area (Å²) in [6, 6.07) is 14.6. The molecule has 0 fully saturated rings. The zero-order chi connectivity index (χ0) is 16.9. The lowest BCUT2D eigenvalue weighted by Gasteiger charge is -2.25. The van der Waals surface area contributed by atoms with Gasteiger partial charge in [-0.25, -0.2) is 4.98 Å². The third kappa shape index (κ3) is 3.60. The van der Waals surface area contributed by atoms with Gasteiger partial charge in [-0.1, -0.05) is 42.1 Å². The highest BCUT2D eigenvalue weighted by molar-refractivity contribution is 7.99. The lowest BCUT2D eigenvalue weighted by Crippen LogP contribution is -2.15. The number of benzene rings is 1. The van der Waals surface area contributed by atoms with Crippen molar-refractivity contribution in [1.82, 2.24) is 4.98 Å². The molecular formula is C19H18N2O2S. The fraction of sp³-hybridized carbons (Fsp3) is 0.316. The summed E-state index contributed by atoms with van der Waals surface area (Å²) in [5, 5.41) is 10.0. The van der Waals surface area contributed by atoms with Gasteiger partial charge in [-0.2, -0.15) is 5.26 Å². The van der Waals surface area contributed by atoms with E-state index in [1.165, 1.54) is 24.4 Å². The van der Waals surface area contributed by atoms with E-state index >= 15 is 0 Å². The number of nitriles is 1. The number of methoxy groups -OCH3 is 1. The Morgan fingerprint density at radius 1 is 1.42 bits per heavy atom. The summed E-state index contributed by atoms with van der Waals surface area (Å²) in [6.45, 7) is 0. The van der Waals surface area contributed by atoms with Crippen LogP contribution in [0.3, 0.4) is 0 Å². The molecule has 2 aromatic rings. The van der Waals surface area contributed by atoms with Crippen LogP contribution >= 0.6 is 11.8 Å². The van der Waals surface area contributed by atoms with Gasteiger partial charge in [0.25, 0.3) is 0 Å². The Bertz CT molecular complexity index is 784. The van der Waals surface area contributed by atoms with E-state index < -0.39 is 0 Å². The van der Waals surface area contributed by atoms with Crippen LogP contribution in [0.2, 0.25) is 0 Å². The summed E-state index contributed by atoms with van der Waals surface area (Å²) in [4.78, 5) is 16.0. The van der Waals surface area contributed by atoms with Crippen LogP contribution in [0.1, 0.15) is 34.7 Å². The molecule has 0 bridgehead atoms. The van der Waals surface area contributed by atoms with E-state index in [1.807, 2.05) is 12.1 Å². The molecule has 0 saturated carbocycles. The average Bonchev–Trinajstić information content (AvgIpc) is 2.65. The van der Waals surface area contributed by atoms with Crippen molar-refractivity contribution in [2.45, 2.75) is 30.2 Å². The molecule has 1 atom stereocenters. The zero-order valence-electron chi connectivity index (χ0n) is 13.5. The summed E-state index contributed by atoms with van der Waals surface area (Å²) < 4.78 is 4.65. The van der Waals surface area contributed by atoms with Gasteiger partial charge in [0.15, 0.2) is 0 Å². The maximum atomic E-state index is 11.3. The molecule has 1 aromatic carbocycles. The molecule has 1 heterocycles. The number of aromatic nitrogens is 1. The van der Waals surface area contributed by atoms with Crippen molar-refractivity contribution >= 4 is 17.7 Å². The van der Waals surface area contributed by atoms with Gasteiger partial charge in [0, 0.05) is 5.69 Å². The molecule has 5 heteroatoms. The third-order valence-electron chi connectivity index (χ3n) is 4.30. The lowest BCUT2D eigenvalue weighted by molar-refractivity contribution is -0.137. The maximum Gasteiger partial charge on any atom is 0.316 e. The Balaban J connectivity index is 1.83. The highest BCUT2D eigenvalue weighted by Gasteiger charge is 2.23. The van der Waals surface area contributed by atoms with E-state index in [9.17, 15) is 10.1 Å². The van der Waals surface area contributed by atoms with Crippen LogP contribution in [0.5, 0.6) is 0 Å². The summed E-state index contributed by atoms with van der Waals surface area (Å²) in [6.07, 6.45) is 2.85. The molecule has 4 nitrogen and oxygen atoms in total. The largest absolute Gasteiger partial charge is 0.468 e. The summed E-state index contributed by atoms with van der Waals surface area (Å²) in [5.74, 6) is 0.331. The molecule has 122 valence electrons. The maximum absolute atomic E-state index is 11.3. The van der Waals surface area contributed by atoms with E-state index in [-0.39, 0.29) is 11.7 Å². The first-order valence-electron chi connectivity index (χ1n) is 7.88. The smallest absolute Gasteiger partial charge is 0.316 e. The number of hydrogen-bond donors (Lipinski definition) is 0. The quantitative estimate of drug-likeness (QED) is 0.631. The van der Waals surface area contributed by atoms with Gasteiger partial charge < -0.3 is 4.74 Å². The zero-order valence-corrected chi connectivity index (χ0v) is 14.3. The number of nitrogens with zero attached hydrogens (tertiary/aromatic N) is 2. The second kappa shape index (κ2) is 7.50. The van der Waals surface area contributed by atoms with E-state index in [4.69, 9.17) is 0 Å². The molecule has 1 aliphatic rings. The second-order valence-electron chi connectivity index (χ2n) is 5.77. The molecule has 24 heavy (non-hydrogen) atoms. The number of rotatable bonds is 4. The van der Waals surface area contributed by atoms with Gasteiger partial charge >= 0.3 is 5.97 Å². The molecule has 1 aromatic heterocycles. The van der Waals surface area contributed by atoms with Crippen LogP contribution in [0.25, 0.3) is 0 Å². The first kappa shape index (κ1) is 16.5. The van der Waals surface area contributed by atoms with E-state index in [1.54, 1.807) is 0 Å². The van der Waals surface area contributed by atoms with Crippen LogP contribution in [-0.2, 0) is 22.4 Å². The van der Waals surface area contributed by atoms with Crippen molar-refractivity contribution < 1.29 is 9.53 Å². The second-order valence-corrected chi connectivity index (χ2v) is 6.74. The van der Waals surface area contributed by atoms with Gasteiger partial charge in [0.1, 0.15) is 11.1 Å². The van der Waals surface area contributed by atoms with Gasteiger partial charge in [-0.15, -0.1) is 0 Å². The number of aryl methyl sites for hydroxylation is 1. The number of esters is 1. The van der Waals surface area contributed by atoms with Crippen LogP contribution in [0.4, 0.5) is 0 Å². The fourth-order valence-electron chi connectivity index (χ4n) is 3.03. The first-order valence-corrected chi connectivity index (χ1v) is 8.87. The minimum absolute atomic E-state index is 0.170. The Morgan fingerprint density at radius 2 is 2.21 bits per heavy atom. The van der Waals surface area contributed by atoms with Gasteiger partial charge in [-0.05, 0) is 42.4 Å². The minimum Gasteiger partial charge on any atom is -0.468 e. The Hall–Kier alpha value is -2.32. The molecule has 0 N–H and O–H groups in total. The number of fused-ring (bicyclic) bond motifs is 1. The minimum atomic E-state index is -0.312. The molecule has 0 radical (unpaired) electrons. The number of carbonyl (C=O) groups is 1. The number of pyridine rings is 1. The molecular weight excluding hydrogens is 320 g/mol. The standard InChI is InChI=1S/C19H18N2O2S/c1-23-18(22)12-24-19-16(11-20)10-15-9-14(7-8-17(15)21-19)13-5-3-2-4-6-13/h2-6,10,14H,7-9,12H2,1H3. The van der Waals surface area contributed by atoms with Crippen LogP contribution in [0.15, 0.2) is 41.4 Å². The van der Waals surface area contributed by atoms with E-state index in [0.717, 1.165) is 30.5 Å². The van der Waals surface area contributed by atoms with Crippen molar-refractivity contribution in [2.75, 3.05) is 12.9 Å². The molecule has 0 amide bonds. The number of hydrogen-bond acceptors (Lipinski definition) is 5. The number of carbonyl (C=O) groups excluding carboxylic acids is 1. The highest BCUT2D eigenvalue weighted by atomic mass is 32.2. The predicted octanol–water partition coefficient (Wildman–Crippen LogP) is 3.49. The van der Waals surface area contributed by atoms with Crippen molar-refractivity contribution in [3.8, 4) is 6.07 Å². The monoisotopic (exact) mass is 338 g/mol. The Morgan fingerprint density at radius 3 is 2.92 bits per heavy atom. The SMILES string of the molecule is COC(=O)CSc1nc2c(cc1C#N)CC(c1ccccc1)CC2. The molecule has 1 aliphatic carbocycles. The van der Waals surface area contributed by atoms with Gasteiger partial charge in [0.2, 0.25) is 0 Å². The van der Waals surface area contributed by atoms with Crippen molar-refractivity contribution in [3.63, 3.8) is 0 Å². The highest BCUT2D eigenvalue weighted by Crippen LogP contribution is 2.34. The normalized spacial score (nSPS) is 16.1. The van der Waals surface area contributed by atoms with Crippen LogP contribution in [-0.4, -0.2) is 23.8 Å². The number of ether oxygens (including phenoxy) is 1. The van der Waals surface area contributed by atoms with E-state index in [2.05, 4.69) is 40.1 Å². The topological polar surface area (TPSA) is 63.0 Å². The van der Waals surface area contributed by atoms with E-state index in [0.29, 0.717) is 16.5 Å². The molecule has 0 spiro atoms. The van der Waals surface area contributed by atoms with Gasteiger partial charge in [-0.3, -0.25) is 4.79 Å². The lowest BCUT2D eigenvalue weighted by atomic mass is 9.82. The van der Waals surface area contributed by atoms with Crippen LogP contribution < -0.4 is 0 Å². The summed E-state index contributed by atoms with van der Waals surface area (Å²) in [7, 11) is 1.36. The fourth-order valence-corrected chi connectivity index (χ4v) is 3.84. The van der Waals surface area contributed by atoms with Gasteiger partial charge in [0.05, 0.1) is 18.4 Å². The van der Waals surface area contributed by atoms with Crippen molar-refractivity contribution in [2.24, 2.45) is 0 Å². The number of thioether (sulfide) groups is 1. The predicted molar refractivity (Wildman–Crippen MR) is 92.9 cm³/mol. The third-order valence-corrected chi connectivity index (χ3v) is 5.26. The molecule has 0 saturated heterocycles. The molecule has 1 unspecified atom stereocenters. The van der Waals surface area contributed by atoms with Crippen LogP contribution in [0, 0.1) is 11.3 Å². The van der Waals surface area contributed by atoms with Crippen molar-refractivity contribution in [1.29, 1.82) is 5.26 Å². The summed E-state index contributed by atoms with van der Waals surface area (Å²) in [5.41, 5.74) is 4.07. The van der Waals surface area contributed by atoms with Crippen molar-refractivity contribution in [3.05, 3.63) is 58.8 Å². The molecule has 0 aliphatic heterocycles.